The van der Waals surface area contributed by atoms with Gasteiger partial charge in [0.25, 0.3) is 0 Å². The van der Waals surface area contributed by atoms with Gasteiger partial charge in [-0.05, 0) is 0 Å². The maximum absolute atomic E-state index is 12.1. The number of nitrogens with zero attached hydrogens (tertiary/aromatic N) is 1. The highest BCUT2D eigenvalue weighted by Gasteiger charge is 2.46. The van der Waals surface area contributed by atoms with Crippen molar-refractivity contribution in [2.75, 3.05) is 21.3 Å². The highest BCUT2D eigenvalue weighted by molar-refractivity contribution is 6.12. The molecule has 0 saturated heterocycles. The average molecular weight is 279 g/mol. The summed E-state index contributed by atoms with van der Waals surface area (Å²) in [7, 11) is 4.29. The van der Waals surface area contributed by atoms with E-state index < -0.39 is 24.3 Å². The number of hydrogen-bond donors (Lipinski definition) is 0. The summed E-state index contributed by atoms with van der Waals surface area (Å²) in [5.74, 6) is -1.12. The summed E-state index contributed by atoms with van der Waals surface area (Å²) in [4.78, 5) is 17.4. The van der Waals surface area contributed by atoms with Crippen molar-refractivity contribution in [1.29, 1.82) is 0 Å². The molecule has 1 heterocycles. The van der Waals surface area contributed by atoms with E-state index in [1.165, 1.54) is 21.3 Å². The Labute approximate surface area is 117 Å². The second kappa shape index (κ2) is 6.49. The SMILES string of the molecule is COC(=O)C1C(c2ccccc2)=NOC1C(OC)OC. The number of hydrogen-bond acceptors (Lipinski definition) is 6. The molecule has 0 saturated carbocycles. The summed E-state index contributed by atoms with van der Waals surface area (Å²) in [6, 6.07) is 9.33. The standard InChI is InChI=1S/C14H17NO5/c1-17-13(16)10-11(9-7-5-4-6-8-9)15-20-12(10)14(18-2)19-3/h4-8,10,12,14H,1-3H3. The van der Waals surface area contributed by atoms with Crippen molar-refractivity contribution in [2.45, 2.75) is 12.4 Å². The van der Waals surface area contributed by atoms with Gasteiger partial charge in [-0.25, -0.2) is 0 Å². The van der Waals surface area contributed by atoms with E-state index in [9.17, 15) is 4.79 Å². The molecule has 0 bridgehead atoms. The summed E-state index contributed by atoms with van der Waals surface area (Å²) in [6.45, 7) is 0. The lowest BCUT2D eigenvalue weighted by atomic mass is 9.92. The van der Waals surface area contributed by atoms with Crippen LogP contribution >= 0.6 is 0 Å². The first-order valence-corrected chi connectivity index (χ1v) is 6.15. The number of oxime groups is 1. The highest BCUT2D eigenvalue weighted by Crippen LogP contribution is 2.28. The Bertz CT molecular complexity index is 484. The van der Waals surface area contributed by atoms with Crippen molar-refractivity contribution in [2.24, 2.45) is 11.1 Å². The lowest BCUT2D eigenvalue weighted by Crippen LogP contribution is -2.42. The number of carbonyl (C=O) groups excluding carboxylic acids is 1. The van der Waals surface area contributed by atoms with Gasteiger partial charge in [0.1, 0.15) is 11.6 Å². The largest absolute Gasteiger partial charge is 0.468 e. The van der Waals surface area contributed by atoms with E-state index in [1.807, 2.05) is 30.3 Å². The van der Waals surface area contributed by atoms with Gasteiger partial charge in [-0.3, -0.25) is 4.79 Å². The van der Waals surface area contributed by atoms with Gasteiger partial charge in [0.05, 0.1) is 7.11 Å². The number of ether oxygens (including phenoxy) is 3. The van der Waals surface area contributed by atoms with Gasteiger partial charge in [-0.2, -0.15) is 0 Å². The van der Waals surface area contributed by atoms with Crippen LogP contribution in [0.2, 0.25) is 0 Å². The van der Waals surface area contributed by atoms with Gasteiger partial charge in [0.2, 0.25) is 0 Å². The Hall–Kier alpha value is -1.92. The van der Waals surface area contributed by atoms with Gasteiger partial charge in [0, 0.05) is 19.8 Å². The normalized spacial score (nSPS) is 21.5. The van der Waals surface area contributed by atoms with Crippen molar-refractivity contribution in [3.8, 4) is 0 Å². The lowest BCUT2D eigenvalue weighted by Gasteiger charge is -2.23. The molecule has 6 nitrogen and oxygen atoms in total. The average Bonchev–Trinajstić information content (AvgIpc) is 2.93. The second-order valence-corrected chi connectivity index (χ2v) is 4.25. The Balaban J connectivity index is 2.31. The lowest BCUT2D eigenvalue weighted by molar-refractivity contribution is -0.189. The van der Waals surface area contributed by atoms with Gasteiger partial charge < -0.3 is 19.0 Å². The zero-order chi connectivity index (χ0) is 14.5. The minimum Gasteiger partial charge on any atom is -0.468 e. The van der Waals surface area contributed by atoms with Crippen molar-refractivity contribution in [3.05, 3.63) is 35.9 Å². The van der Waals surface area contributed by atoms with E-state index in [1.54, 1.807) is 0 Å². The monoisotopic (exact) mass is 279 g/mol. The van der Waals surface area contributed by atoms with Crippen LogP contribution in [0.1, 0.15) is 5.56 Å². The Morgan fingerprint density at radius 2 is 1.85 bits per heavy atom. The molecule has 0 radical (unpaired) electrons. The molecule has 6 heteroatoms. The van der Waals surface area contributed by atoms with Crippen LogP contribution in [-0.2, 0) is 23.8 Å². The van der Waals surface area contributed by atoms with Gasteiger partial charge >= 0.3 is 5.97 Å². The molecule has 1 aromatic rings. The Morgan fingerprint density at radius 3 is 2.40 bits per heavy atom. The molecule has 0 spiro atoms. The molecule has 0 N–H and O–H groups in total. The first kappa shape index (κ1) is 14.5. The molecule has 0 aromatic heterocycles. The Morgan fingerprint density at radius 1 is 1.20 bits per heavy atom. The molecular formula is C14H17NO5. The van der Waals surface area contributed by atoms with Crippen LogP contribution in [0.15, 0.2) is 35.5 Å². The number of esters is 1. The predicted octanol–water partition coefficient (Wildman–Crippen LogP) is 1.20. The van der Waals surface area contributed by atoms with Gasteiger partial charge in [-0.1, -0.05) is 35.5 Å². The first-order valence-electron chi connectivity index (χ1n) is 6.15. The van der Waals surface area contributed by atoms with Crippen LogP contribution in [0.5, 0.6) is 0 Å². The number of methoxy groups -OCH3 is 3. The number of carbonyl (C=O) groups is 1. The van der Waals surface area contributed by atoms with E-state index in [0.717, 1.165) is 5.56 Å². The first-order chi connectivity index (χ1) is 9.72. The fraction of sp³-hybridized carbons (Fsp3) is 0.429. The van der Waals surface area contributed by atoms with Crippen molar-refractivity contribution < 1.29 is 23.8 Å². The third kappa shape index (κ3) is 2.66. The third-order valence-corrected chi connectivity index (χ3v) is 3.15. The predicted molar refractivity (Wildman–Crippen MR) is 71.2 cm³/mol. The molecule has 20 heavy (non-hydrogen) atoms. The third-order valence-electron chi connectivity index (χ3n) is 3.15. The maximum atomic E-state index is 12.1. The van der Waals surface area contributed by atoms with Crippen molar-refractivity contribution in [1.82, 2.24) is 0 Å². The molecule has 2 atom stereocenters. The maximum Gasteiger partial charge on any atom is 0.319 e. The van der Waals surface area contributed by atoms with E-state index in [2.05, 4.69) is 5.16 Å². The minimum atomic E-state index is -0.705. The topological polar surface area (TPSA) is 66.4 Å². The van der Waals surface area contributed by atoms with Crippen molar-refractivity contribution >= 4 is 11.7 Å². The van der Waals surface area contributed by atoms with Gasteiger partial charge in [0.15, 0.2) is 12.4 Å². The highest BCUT2D eigenvalue weighted by atomic mass is 16.7. The zero-order valence-electron chi connectivity index (χ0n) is 11.6. The van der Waals surface area contributed by atoms with Crippen molar-refractivity contribution in [3.63, 3.8) is 0 Å². The molecule has 1 aliphatic heterocycles. The molecule has 2 rings (SSSR count). The van der Waals surface area contributed by atoms with E-state index in [-0.39, 0.29) is 0 Å². The molecule has 108 valence electrons. The van der Waals surface area contributed by atoms with E-state index in [0.29, 0.717) is 5.71 Å². The fourth-order valence-electron chi connectivity index (χ4n) is 2.18. The van der Waals surface area contributed by atoms with Crippen LogP contribution in [0.25, 0.3) is 0 Å². The molecular weight excluding hydrogens is 262 g/mol. The van der Waals surface area contributed by atoms with E-state index >= 15 is 0 Å². The molecule has 1 aliphatic rings. The van der Waals surface area contributed by atoms with Crippen LogP contribution in [0.4, 0.5) is 0 Å². The molecule has 0 fully saturated rings. The molecule has 1 aromatic carbocycles. The quantitative estimate of drug-likeness (QED) is 0.598. The summed E-state index contributed by atoms with van der Waals surface area (Å²) in [5, 5.41) is 4.01. The van der Waals surface area contributed by atoms with E-state index in [4.69, 9.17) is 19.0 Å². The molecule has 2 unspecified atom stereocenters. The zero-order valence-corrected chi connectivity index (χ0v) is 11.6. The summed E-state index contributed by atoms with van der Waals surface area (Å²) in [6.07, 6.45) is -1.38. The Kier molecular flexibility index (Phi) is 4.70. The summed E-state index contributed by atoms with van der Waals surface area (Å²) in [5.41, 5.74) is 1.32. The molecule has 0 amide bonds. The number of benzene rings is 1. The molecule has 0 aliphatic carbocycles. The summed E-state index contributed by atoms with van der Waals surface area (Å²) >= 11 is 0. The number of rotatable bonds is 5. The van der Waals surface area contributed by atoms with Crippen LogP contribution in [-0.4, -0.2) is 45.4 Å². The fourth-order valence-corrected chi connectivity index (χ4v) is 2.18. The summed E-state index contributed by atoms with van der Waals surface area (Å²) < 4.78 is 15.2. The second-order valence-electron chi connectivity index (χ2n) is 4.25. The van der Waals surface area contributed by atoms with Crippen LogP contribution in [0, 0.1) is 5.92 Å². The smallest absolute Gasteiger partial charge is 0.319 e. The van der Waals surface area contributed by atoms with Crippen LogP contribution in [0.3, 0.4) is 0 Å². The van der Waals surface area contributed by atoms with Crippen LogP contribution < -0.4 is 0 Å². The van der Waals surface area contributed by atoms with Gasteiger partial charge in [-0.15, -0.1) is 0 Å². The minimum absolute atomic E-state index is 0.436.